The van der Waals surface area contributed by atoms with Crippen LogP contribution in [-0.4, -0.2) is 28.6 Å². The summed E-state index contributed by atoms with van der Waals surface area (Å²) in [6.45, 7) is 4.41. The lowest BCUT2D eigenvalue weighted by molar-refractivity contribution is 0.0692. The minimum Gasteiger partial charge on any atom is -0.477 e. The molecule has 6 heteroatoms. The number of carbonyl (C=O) groups is 2. The smallest absolute Gasteiger partial charge is 0.354 e. The molecule has 100 valence electrons. The van der Waals surface area contributed by atoms with E-state index < -0.39 is 5.97 Å². The number of hydrogen-bond donors (Lipinski definition) is 4. The fourth-order valence-electron chi connectivity index (χ4n) is 1.60. The van der Waals surface area contributed by atoms with Crippen LogP contribution in [0.4, 0.5) is 10.5 Å². The van der Waals surface area contributed by atoms with Crippen molar-refractivity contribution in [1.29, 1.82) is 0 Å². The van der Waals surface area contributed by atoms with Crippen LogP contribution in [0.1, 0.15) is 42.4 Å². The van der Waals surface area contributed by atoms with Crippen LogP contribution < -0.4 is 10.6 Å². The molecule has 0 aromatic carbocycles. The number of urea groups is 1. The maximum atomic E-state index is 11.5. The van der Waals surface area contributed by atoms with Crippen LogP contribution in [0.2, 0.25) is 0 Å². The molecule has 6 nitrogen and oxygen atoms in total. The van der Waals surface area contributed by atoms with Crippen LogP contribution in [-0.2, 0) is 0 Å². The summed E-state index contributed by atoms with van der Waals surface area (Å²) in [6, 6.07) is 1.21. The van der Waals surface area contributed by atoms with E-state index in [-0.39, 0.29) is 17.4 Å². The van der Waals surface area contributed by atoms with Crippen molar-refractivity contribution < 1.29 is 14.7 Å². The molecule has 0 bridgehead atoms. The fourth-order valence-corrected chi connectivity index (χ4v) is 1.60. The van der Waals surface area contributed by atoms with Crippen molar-refractivity contribution in [3.8, 4) is 0 Å². The molecule has 0 unspecified atom stereocenters. The third-order valence-corrected chi connectivity index (χ3v) is 2.48. The lowest BCUT2D eigenvalue weighted by Crippen LogP contribution is -2.29. The summed E-state index contributed by atoms with van der Waals surface area (Å²) in [6.07, 6.45) is 3.06. The maximum Gasteiger partial charge on any atom is 0.354 e. The Bertz CT molecular complexity index is 426. The van der Waals surface area contributed by atoms with Crippen LogP contribution in [0.3, 0.4) is 0 Å². The Morgan fingerprint density at radius 3 is 2.72 bits per heavy atom. The van der Waals surface area contributed by atoms with Gasteiger partial charge in [-0.1, -0.05) is 19.8 Å². The first-order valence-corrected chi connectivity index (χ1v) is 6.02. The summed E-state index contributed by atoms with van der Waals surface area (Å²) < 4.78 is 0. The summed E-state index contributed by atoms with van der Waals surface area (Å²) in [4.78, 5) is 25.1. The normalized spacial score (nSPS) is 10.1. The number of rotatable bonds is 6. The Labute approximate surface area is 106 Å². The average molecular weight is 253 g/mol. The summed E-state index contributed by atoms with van der Waals surface area (Å²) >= 11 is 0. The quantitative estimate of drug-likeness (QED) is 0.586. The molecule has 1 aromatic heterocycles. The van der Waals surface area contributed by atoms with Gasteiger partial charge < -0.3 is 20.7 Å². The molecule has 0 aliphatic carbocycles. The molecule has 2 amide bonds. The Morgan fingerprint density at radius 1 is 1.39 bits per heavy atom. The molecule has 0 fully saturated rings. The van der Waals surface area contributed by atoms with Crippen LogP contribution >= 0.6 is 0 Å². The Morgan fingerprint density at radius 2 is 2.11 bits per heavy atom. The summed E-state index contributed by atoms with van der Waals surface area (Å²) in [5, 5.41) is 14.1. The summed E-state index contributed by atoms with van der Waals surface area (Å²) in [7, 11) is 0. The second-order valence-electron chi connectivity index (χ2n) is 4.13. The number of nitrogens with one attached hydrogen (secondary N) is 3. The molecule has 0 radical (unpaired) electrons. The zero-order valence-electron chi connectivity index (χ0n) is 10.7. The van der Waals surface area contributed by atoms with E-state index in [0.29, 0.717) is 12.2 Å². The number of carboxylic acid groups (broad SMARTS) is 1. The van der Waals surface area contributed by atoms with Gasteiger partial charge in [0.2, 0.25) is 0 Å². The molecule has 0 spiro atoms. The highest BCUT2D eigenvalue weighted by Gasteiger charge is 2.14. The number of carbonyl (C=O) groups excluding carboxylic acids is 1. The molecule has 1 rings (SSSR count). The largest absolute Gasteiger partial charge is 0.477 e. The monoisotopic (exact) mass is 253 g/mol. The van der Waals surface area contributed by atoms with Crippen LogP contribution in [0.5, 0.6) is 0 Å². The van der Waals surface area contributed by atoms with Crippen molar-refractivity contribution in [3.05, 3.63) is 17.5 Å². The van der Waals surface area contributed by atoms with E-state index in [9.17, 15) is 9.59 Å². The first-order valence-electron chi connectivity index (χ1n) is 6.02. The fraction of sp³-hybridized carbons (Fsp3) is 0.500. The number of anilines is 1. The number of unbranched alkanes of at least 4 members (excludes halogenated alkanes) is 2. The third-order valence-electron chi connectivity index (χ3n) is 2.48. The number of amides is 2. The van der Waals surface area contributed by atoms with Crippen molar-refractivity contribution in [2.24, 2.45) is 0 Å². The Kier molecular flexibility index (Phi) is 5.23. The van der Waals surface area contributed by atoms with Gasteiger partial charge in [-0.15, -0.1) is 0 Å². The minimum absolute atomic E-state index is 0.00351. The van der Waals surface area contributed by atoms with Gasteiger partial charge in [-0.05, 0) is 19.4 Å². The van der Waals surface area contributed by atoms with Gasteiger partial charge in [0.15, 0.2) is 0 Å². The van der Waals surface area contributed by atoms with Gasteiger partial charge in [-0.25, -0.2) is 9.59 Å². The number of H-pyrrole nitrogens is 1. The molecular formula is C12H19N3O3. The number of aryl methyl sites for hydroxylation is 1. The van der Waals surface area contributed by atoms with E-state index in [0.717, 1.165) is 19.3 Å². The highest BCUT2D eigenvalue weighted by Crippen LogP contribution is 2.16. The van der Waals surface area contributed by atoms with Gasteiger partial charge in [0.25, 0.3) is 0 Å². The van der Waals surface area contributed by atoms with Crippen molar-refractivity contribution in [2.45, 2.75) is 33.1 Å². The lowest BCUT2D eigenvalue weighted by atomic mass is 10.2. The highest BCUT2D eigenvalue weighted by molar-refractivity contribution is 5.99. The number of carboxylic acids is 1. The van der Waals surface area contributed by atoms with Gasteiger partial charge in [-0.2, -0.15) is 0 Å². The zero-order chi connectivity index (χ0) is 13.5. The van der Waals surface area contributed by atoms with Crippen molar-refractivity contribution in [3.63, 3.8) is 0 Å². The van der Waals surface area contributed by atoms with E-state index in [1.807, 2.05) is 0 Å². The predicted molar refractivity (Wildman–Crippen MR) is 69.0 cm³/mol. The predicted octanol–water partition coefficient (Wildman–Crippen LogP) is 2.33. The van der Waals surface area contributed by atoms with Crippen LogP contribution in [0.15, 0.2) is 6.07 Å². The molecule has 0 aliphatic rings. The van der Waals surface area contributed by atoms with Crippen molar-refractivity contribution in [2.75, 3.05) is 11.9 Å². The number of hydrogen-bond acceptors (Lipinski definition) is 2. The summed E-state index contributed by atoms with van der Waals surface area (Å²) in [5.74, 6) is -1.09. The topological polar surface area (TPSA) is 94.2 Å². The van der Waals surface area contributed by atoms with Gasteiger partial charge in [-0.3, -0.25) is 0 Å². The maximum absolute atomic E-state index is 11.5. The minimum atomic E-state index is -1.09. The van der Waals surface area contributed by atoms with Gasteiger partial charge in [0, 0.05) is 12.2 Å². The molecule has 0 saturated carbocycles. The molecule has 1 heterocycles. The van der Waals surface area contributed by atoms with Gasteiger partial charge in [0.05, 0.1) is 5.69 Å². The molecule has 0 aliphatic heterocycles. The molecule has 1 aromatic rings. The Balaban J connectivity index is 2.51. The van der Waals surface area contributed by atoms with Gasteiger partial charge in [0.1, 0.15) is 5.69 Å². The van der Waals surface area contributed by atoms with E-state index in [1.54, 1.807) is 13.0 Å². The lowest BCUT2D eigenvalue weighted by Gasteiger charge is -2.06. The van der Waals surface area contributed by atoms with Crippen LogP contribution in [0.25, 0.3) is 0 Å². The second-order valence-corrected chi connectivity index (χ2v) is 4.13. The van der Waals surface area contributed by atoms with E-state index in [2.05, 4.69) is 22.5 Å². The first kappa shape index (κ1) is 14.1. The van der Waals surface area contributed by atoms with Crippen molar-refractivity contribution >= 4 is 17.7 Å². The third kappa shape index (κ3) is 4.12. The number of aromatic amines is 1. The SMILES string of the molecule is CCCCCNC(=O)Nc1cc(C)[nH]c1C(=O)O. The van der Waals surface area contributed by atoms with E-state index in [4.69, 9.17) is 5.11 Å². The highest BCUT2D eigenvalue weighted by atomic mass is 16.4. The van der Waals surface area contributed by atoms with Crippen LogP contribution in [0, 0.1) is 6.92 Å². The zero-order valence-corrected chi connectivity index (χ0v) is 10.7. The van der Waals surface area contributed by atoms with Gasteiger partial charge >= 0.3 is 12.0 Å². The average Bonchev–Trinajstić information content (AvgIpc) is 2.66. The second kappa shape index (κ2) is 6.68. The molecule has 0 atom stereocenters. The Hall–Kier alpha value is -1.98. The first-order chi connectivity index (χ1) is 8.54. The molecular weight excluding hydrogens is 234 g/mol. The molecule has 18 heavy (non-hydrogen) atoms. The van der Waals surface area contributed by atoms with E-state index in [1.165, 1.54) is 0 Å². The number of aromatic nitrogens is 1. The standard InChI is InChI=1S/C12H19N3O3/c1-3-4-5-6-13-12(18)15-9-7-8(2)14-10(9)11(16)17/h7,14H,3-6H2,1-2H3,(H,16,17)(H2,13,15,18). The molecule has 4 N–H and O–H groups in total. The number of aromatic carboxylic acids is 1. The molecule has 0 saturated heterocycles. The summed E-state index contributed by atoms with van der Waals surface area (Å²) in [5.41, 5.74) is 0.970. The van der Waals surface area contributed by atoms with Crippen molar-refractivity contribution in [1.82, 2.24) is 10.3 Å². The van der Waals surface area contributed by atoms with E-state index >= 15 is 0 Å².